The molecule has 11 heteroatoms. The molecule has 1 amide bonds. The number of hydrogen-bond donors (Lipinski definition) is 1. The first-order valence-corrected chi connectivity index (χ1v) is 11.6. The van der Waals surface area contributed by atoms with E-state index < -0.39 is 32.6 Å². The van der Waals surface area contributed by atoms with Gasteiger partial charge in [0, 0.05) is 24.8 Å². The van der Waals surface area contributed by atoms with Crippen LogP contribution in [0.5, 0.6) is 5.75 Å². The zero-order chi connectivity index (χ0) is 23.3. The summed E-state index contributed by atoms with van der Waals surface area (Å²) in [6.45, 7) is 4.34. The van der Waals surface area contributed by atoms with Crippen molar-refractivity contribution in [3.63, 3.8) is 0 Å². The van der Waals surface area contributed by atoms with Crippen LogP contribution >= 0.6 is 0 Å². The maximum Gasteiger partial charge on any atom is 0.312 e. The van der Waals surface area contributed by atoms with E-state index >= 15 is 0 Å². The lowest BCUT2D eigenvalue weighted by Crippen LogP contribution is -2.40. The molecule has 0 bridgehead atoms. The summed E-state index contributed by atoms with van der Waals surface area (Å²) in [4.78, 5) is 23.1. The number of aryl methyl sites for hydroxylation is 1. The smallest absolute Gasteiger partial charge is 0.312 e. The second-order valence-corrected chi connectivity index (χ2v) is 9.14. The van der Waals surface area contributed by atoms with E-state index in [9.17, 15) is 23.3 Å². The number of nitro groups is 1. The Morgan fingerprint density at radius 2 is 1.88 bits per heavy atom. The van der Waals surface area contributed by atoms with E-state index in [4.69, 9.17) is 9.47 Å². The van der Waals surface area contributed by atoms with Gasteiger partial charge in [-0.25, -0.2) is 8.42 Å². The second kappa shape index (κ2) is 10.1. The van der Waals surface area contributed by atoms with Crippen molar-refractivity contribution < 1.29 is 27.6 Å². The number of nitro benzene ring substituents is 1. The standard InChI is InChI=1S/C21H25N3O7S/c1-3-16-4-6-17(7-5-16)22-21(25)15(2)31-20-9-8-18(14-19(20)24(26)27)32(28,29)23-10-12-30-13-11-23/h4-9,14-15H,3,10-13H2,1-2H3,(H,22,25). The Balaban J connectivity index is 1.76. The minimum absolute atomic E-state index is 0.171. The third-order valence-electron chi connectivity index (χ3n) is 5.04. The van der Waals surface area contributed by atoms with Crippen molar-refractivity contribution in [3.8, 4) is 5.75 Å². The number of morpholine rings is 1. The molecule has 2 aromatic rings. The van der Waals surface area contributed by atoms with Crippen LogP contribution in [0.15, 0.2) is 47.4 Å². The van der Waals surface area contributed by atoms with Gasteiger partial charge in [-0.1, -0.05) is 19.1 Å². The maximum absolute atomic E-state index is 12.8. The number of carbonyl (C=O) groups excluding carboxylic acids is 1. The second-order valence-electron chi connectivity index (χ2n) is 7.20. The fraction of sp³-hybridized carbons (Fsp3) is 0.381. The monoisotopic (exact) mass is 463 g/mol. The van der Waals surface area contributed by atoms with Crippen LogP contribution in [0.3, 0.4) is 0 Å². The van der Waals surface area contributed by atoms with Crippen LogP contribution < -0.4 is 10.1 Å². The van der Waals surface area contributed by atoms with Gasteiger partial charge in [0.25, 0.3) is 5.91 Å². The minimum atomic E-state index is -3.91. The van der Waals surface area contributed by atoms with E-state index in [0.29, 0.717) is 5.69 Å². The Morgan fingerprint density at radius 3 is 2.47 bits per heavy atom. The summed E-state index contributed by atoms with van der Waals surface area (Å²) in [6, 6.07) is 10.7. The van der Waals surface area contributed by atoms with E-state index in [0.717, 1.165) is 18.1 Å². The molecule has 1 heterocycles. The molecule has 0 aliphatic carbocycles. The van der Waals surface area contributed by atoms with Crippen molar-refractivity contribution in [1.82, 2.24) is 4.31 Å². The minimum Gasteiger partial charge on any atom is -0.474 e. The fourth-order valence-electron chi connectivity index (χ4n) is 3.15. The van der Waals surface area contributed by atoms with Crippen LogP contribution in [0.2, 0.25) is 0 Å². The molecule has 1 N–H and O–H groups in total. The molecule has 1 aliphatic heterocycles. The SMILES string of the molecule is CCc1ccc(NC(=O)C(C)Oc2ccc(S(=O)(=O)N3CCOCC3)cc2[N+](=O)[O-])cc1. The molecular weight excluding hydrogens is 438 g/mol. The van der Waals surface area contributed by atoms with Crippen LogP contribution in [0.1, 0.15) is 19.4 Å². The molecule has 1 saturated heterocycles. The number of ether oxygens (including phenoxy) is 2. The Bertz CT molecular complexity index is 1080. The summed E-state index contributed by atoms with van der Waals surface area (Å²) in [5.74, 6) is -0.687. The summed E-state index contributed by atoms with van der Waals surface area (Å²) < 4.78 is 37.5. The van der Waals surface area contributed by atoms with Gasteiger partial charge < -0.3 is 14.8 Å². The van der Waals surface area contributed by atoms with Gasteiger partial charge in [-0.2, -0.15) is 4.31 Å². The van der Waals surface area contributed by atoms with Gasteiger partial charge >= 0.3 is 5.69 Å². The van der Waals surface area contributed by atoms with Crippen molar-refractivity contribution in [2.45, 2.75) is 31.3 Å². The number of nitrogens with zero attached hydrogens (tertiary/aromatic N) is 2. The molecule has 0 saturated carbocycles. The molecule has 3 rings (SSSR count). The molecule has 1 fully saturated rings. The zero-order valence-corrected chi connectivity index (χ0v) is 18.6. The summed E-state index contributed by atoms with van der Waals surface area (Å²) in [6.07, 6.45) is -0.185. The van der Waals surface area contributed by atoms with E-state index in [1.165, 1.54) is 23.4 Å². The molecule has 10 nitrogen and oxygen atoms in total. The highest BCUT2D eigenvalue weighted by Crippen LogP contribution is 2.32. The largest absolute Gasteiger partial charge is 0.474 e. The number of carbonyl (C=O) groups is 1. The molecule has 0 aromatic heterocycles. The molecule has 1 atom stereocenters. The number of sulfonamides is 1. The topological polar surface area (TPSA) is 128 Å². The molecule has 1 aliphatic rings. The van der Waals surface area contributed by atoms with Gasteiger partial charge in [-0.3, -0.25) is 14.9 Å². The summed E-state index contributed by atoms with van der Waals surface area (Å²) in [5.41, 5.74) is 1.16. The quantitative estimate of drug-likeness (QED) is 0.471. The normalized spacial score (nSPS) is 15.7. The van der Waals surface area contributed by atoms with Gasteiger partial charge in [-0.15, -0.1) is 0 Å². The van der Waals surface area contributed by atoms with E-state index in [1.807, 2.05) is 19.1 Å². The third-order valence-corrected chi connectivity index (χ3v) is 6.93. The highest BCUT2D eigenvalue weighted by Gasteiger charge is 2.30. The predicted molar refractivity (Wildman–Crippen MR) is 117 cm³/mol. The van der Waals surface area contributed by atoms with Crippen molar-refractivity contribution in [3.05, 3.63) is 58.1 Å². The Labute approximate surface area is 186 Å². The first kappa shape index (κ1) is 23.6. The average molecular weight is 464 g/mol. The van der Waals surface area contributed by atoms with Gasteiger partial charge in [0.1, 0.15) is 0 Å². The van der Waals surface area contributed by atoms with Crippen LogP contribution in [0.25, 0.3) is 0 Å². The number of hydrogen-bond acceptors (Lipinski definition) is 7. The van der Waals surface area contributed by atoms with Gasteiger partial charge in [0.05, 0.1) is 23.0 Å². The number of benzene rings is 2. The maximum atomic E-state index is 12.8. The van der Waals surface area contributed by atoms with Gasteiger partial charge in [0.15, 0.2) is 11.9 Å². The lowest BCUT2D eigenvalue weighted by Gasteiger charge is -2.26. The Morgan fingerprint density at radius 1 is 1.22 bits per heavy atom. The van der Waals surface area contributed by atoms with Crippen molar-refractivity contribution in [2.24, 2.45) is 0 Å². The summed E-state index contributed by atoms with van der Waals surface area (Å²) in [5, 5.41) is 14.3. The average Bonchev–Trinajstić information content (AvgIpc) is 2.80. The lowest BCUT2D eigenvalue weighted by atomic mass is 10.1. The number of amides is 1. The highest BCUT2D eigenvalue weighted by atomic mass is 32.2. The zero-order valence-electron chi connectivity index (χ0n) is 17.8. The van der Waals surface area contributed by atoms with Crippen molar-refractivity contribution in [1.29, 1.82) is 0 Å². The fourth-order valence-corrected chi connectivity index (χ4v) is 4.58. The van der Waals surface area contributed by atoms with Crippen LogP contribution in [0.4, 0.5) is 11.4 Å². The van der Waals surface area contributed by atoms with E-state index in [-0.39, 0.29) is 36.9 Å². The summed E-state index contributed by atoms with van der Waals surface area (Å²) >= 11 is 0. The Kier molecular flexibility index (Phi) is 7.44. The number of anilines is 1. The molecular formula is C21H25N3O7S. The third kappa shape index (κ3) is 5.42. The highest BCUT2D eigenvalue weighted by molar-refractivity contribution is 7.89. The molecule has 2 aromatic carbocycles. The molecule has 0 radical (unpaired) electrons. The van der Waals surface area contributed by atoms with Crippen LogP contribution in [0, 0.1) is 10.1 Å². The van der Waals surface area contributed by atoms with Gasteiger partial charge in [0.2, 0.25) is 10.0 Å². The molecule has 0 spiro atoms. The molecule has 172 valence electrons. The van der Waals surface area contributed by atoms with E-state index in [2.05, 4.69) is 5.32 Å². The molecule has 1 unspecified atom stereocenters. The number of rotatable bonds is 8. The molecule has 32 heavy (non-hydrogen) atoms. The summed E-state index contributed by atoms with van der Waals surface area (Å²) in [7, 11) is -3.91. The predicted octanol–water partition coefficient (Wildman–Crippen LogP) is 2.58. The first-order valence-electron chi connectivity index (χ1n) is 10.1. The first-order chi connectivity index (χ1) is 15.2. The number of nitrogens with one attached hydrogen (secondary N) is 1. The van der Waals surface area contributed by atoms with Crippen molar-refractivity contribution in [2.75, 3.05) is 31.6 Å². The lowest BCUT2D eigenvalue weighted by molar-refractivity contribution is -0.386. The Hall–Kier alpha value is -3.02. The van der Waals surface area contributed by atoms with Crippen LogP contribution in [-0.2, 0) is 26.0 Å². The van der Waals surface area contributed by atoms with Crippen molar-refractivity contribution >= 4 is 27.3 Å². The van der Waals surface area contributed by atoms with Gasteiger partial charge in [-0.05, 0) is 43.2 Å². The van der Waals surface area contributed by atoms with Crippen LogP contribution in [-0.4, -0.2) is 56.0 Å². The van der Waals surface area contributed by atoms with E-state index in [1.54, 1.807) is 12.1 Å².